The summed E-state index contributed by atoms with van der Waals surface area (Å²) in [5.74, 6) is -3.31. The minimum absolute atomic E-state index is 0.225. The van der Waals surface area contributed by atoms with E-state index in [1.807, 2.05) is 11.8 Å². The number of hydrogen-bond acceptors (Lipinski definition) is 7. The summed E-state index contributed by atoms with van der Waals surface area (Å²) >= 11 is 7.55. The number of benzene rings is 1. The first-order valence-electron chi connectivity index (χ1n) is 11.2. The molecular formula is C24H22ClN3O5S. The molecular weight excluding hydrogens is 478 g/mol. The Labute approximate surface area is 204 Å². The molecule has 1 spiro atoms. The van der Waals surface area contributed by atoms with Crippen LogP contribution < -0.4 is 10.2 Å². The van der Waals surface area contributed by atoms with Gasteiger partial charge in [-0.25, -0.2) is 9.69 Å². The molecule has 8 nitrogen and oxygen atoms in total. The Balaban J connectivity index is 1.56. The molecule has 5 heterocycles. The molecule has 0 saturated carbocycles. The van der Waals surface area contributed by atoms with Gasteiger partial charge in [0.1, 0.15) is 10.5 Å². The van der Waals surface area contributed by atoms with Gasteiger partial charge in [0.25, 0.3) is 0 Å². The number of halogens is 1. The fraction of sp³-hybridized carbons (Fsp3) is 0.417. The Bertz CT molecular complexity index is 1320. The van der Waals surface area contributed by atoms with Crippen LogP contribution in [0.1, 0.15) is 39.2 Å². The molecule has 0 unspecified atom stereocenters. The van der Waals surface area contributed by atoms with E-state index >= 15 is 0 Å². The van der Waals surface area contributed by atoms with E-state index in [1.165, 1.54) is 18.4 Å². The van der Waals surface area contributed by atoms with Crippen molar-refractivity contribution in [3.05, 3.63) is 44.8 Å². The maximum atomic E-state index is 14.1. The number of ether oxygens (including phenoxy) is 1. The lowest BCUT2D eigenvalue weighted by Crippen LogP contribution is -2.54. The zero-order valence-corrected chi connectivity index (χ0v) is 20.4. The van der Waals surface area contributed by atoms with Crippen molar-refractivity contribution in [3.8, 4) is 0 Å². The minimum atomic E-state index is -1.31. The maximum absolute atomic E-state index is 14.1. The normalized spacial score (nSPS) is 29.6. The third kappa shape index (κ3) is 2.42. The van der Waals surface area contributed by atoms with Gasteiger partial charge < -0.3 is 10.1 Å². The van der Waals surface area contributed by atoms with Gasteiger partial charge in [-0.2, -0.15) is 0 Å². The fourth-order valence-corrected chi connectivity index (χ4v) is 7.81. The molecule has 1 N–H and O–H groups in total. The Kier molecular flexibility index (Phi) is 4.56. The summed E-state index contributed by atoms with van der Waals surface area (Å²) in [4.78, 5) is 58.4. The van der Waals surface area contributed by atoms with Gasteiger partial charge in [0.2, 0.25) is 17.7 Å². The van der Waals surface area contributed by atoms with Crippen LogP contribution in [-0.4, -0.2) is 48.3 Å². The average Bonchev–Trinajstić information content (AvgIpc) is 3.56. The molecule has 176 valence electrons. The zero-order chi connectivity index (χ0) is 24.1. The summed E-state index contributed by atoms with van der Waals surface area (Å²) in [6, 6.07) is 4.92. The monoisotopic (exact) mass is 499 g/mol. The second kappa shape index (κ2) is 7.13. The van der Waals surface area contributed by atoms with E-state index in [0.717, 1.165) is 16.2 Å². The highest BCUT2D eigenvalue weighted by atomic mass is 35.5. The number of hydrogen-bond donors (Lipinski definition) is 1. The second-order valence-electron chi connectivity index (χ2n) is 9.28. The van der Waals surface area contributed by atoms with Gasteiger partial charge in [-0.1, -0.05) is 11.6 Å². The van der Waals surface area contributed by atoms with Crippen LogP contribution in [0.3, 0.4) is 0 Å². The molecule has 1 aromatic heterocycles. The molecule has 3 fully saturated rings. The number of esters is 1. The minimum Gasteiger partial charge on any atom is -0.465 e. The molecule has 4 aliphatic heterocycles. The van der Waals surface area contributed by atoms with Gasteiger partial charge in [0, 0.05) is 27.2 Å². The SMILES string of the molecule is COC(=O)c1c(N2C(=O)[C@H]3[C@H]4CCCN4[C@@]4(C(=O)Nc5ccc(Cl)cc54)[C@@H]3C2=O)sc(C)c1C. The number of rotatable bonds is 2. The zero-order valence-electron chi connectivity index (χ0n) is 18.8. The lowest BCUT2D eigenvalue weighted by molar-refractivity contribution is -0.135. The number of methoxy groups -OCH3 is 1. The highest BCUT2D eigenvalue weighted by Gasteiger charge is 2.75. The second-order valence-corrected chi connectivity index (χ2v) is 10.9. The van der Waals surface area contributed by atoms with Crippen LogP contribution in [0.25, 0.3) is 0 Å². The summed E-state index contributed by atoms with van der Waals surface area (Å²) in [6.07, 6.45) is 1.54. The van der Waals surface area contributed by atoms with E-state index in [2.05, 4.69) is 5.32 Å². The maximum Gasteiger partial charge on any atom is 0.341 e. The van der Waals surface area contributed by atoms with Crippen molar-refractivity contribution in [1.82, 2.24) is 4.90 Å². The highest BCUT2D eigenvalue weighted by molar-refractivity contribution is 7.17. The molecule has 3 amide bonds. The first-order chi connectivity index (χ1) is 16.2. The summed E-state index contributed by atoms with van der Waals surface area (Å²) in [5, 5.41) is 3.66. The smallest absolute Gasteiger partial charge is 0.341 e. The number of nitrogens with zero attached hydrogens (tertiary/aromatic N) is 2. The third-order valence-corrected chi connectivity index (χ3v) is 9.34. The van der Waals surface area contributed by atoms with Crippen LogP contribution in [0.4, 0.5) is 10.7 Å². The molecule has 0 radical (unpaired) electrons. The van der Waals surface area contributed by atoms with Crippen LogP contribution in [0, 0.1) is 25.7 Å². The lowest BCUT2D eigenvalue weighted by atomic mass is 9.75. The predicted octanol–water partition coefficient (Wildman–Crippen LogP) is 3.24. The van der Waals surface area contributed by atoms with Crippen molar-refractivity contribution < 1.29 is 23.9 Å². The quantitative estimate of drug-likeness (QED) is 0.503. The Hall–Kier alpha value is -2.75. The largest absolute Gasteiger partial charge is 0.465 e. The standard InChI is InChI=1S/C24H22ClN3O5S/c1-10-11(2)34-21(16(10)22(31)33-3)28-19(29)17-15-5-4-8-27(15)24(18(17)20(28)30)13-9-12(25)6-7-14(13)26-23(24)32/h6-7,9,15,17-18H,4-5,8H2,1-3H3,(H,26,32)/t15-,17+,18+,24-/m1/s1. The summed E-state index contributed by atoms with van der Waals surface area (Å²) in [6.45, 7) is 4.23. The van der Waals surface area contributed by atoms with Gasteiger partial charge in [-0.05, 0) is 57.0 Å². The number of carbonyl (C=O) groups is 4. The van der Waals surface area contributed by atoms with Gasteiger partial charge in [-0.3, -0.25) is 19.3 Å². The Morgan fingerprint density at radius 3 is 2.74 bits per heavy atom. The van der Waals surface area contributed by atoms with Crippen LogP contribution in [0.2, 0.25) is 5.02 Å². The van der Waals surface area contributed by atoms with Gasteiger partial charge in [0.15, 0.2) is 0 Å². The highest BCUT2D eigenvalue weighted by Crippen LogP contribution is 2.61. The topological polar surface area (TPSA) is 96.0 Å². The molecule has 10 heteroatoms. The summed E-state index contributed by atoms with van der Waals surface area (Å²) in [5.41, 5.74) is 0.845. The number of carbonyl (C=O) groups excluding carboxylic acids is 4. The number of fused-ring (bicyclic) bond motifs is 7. The van der Waals surface area contributed by atoms with Gasteiger partial charge in [-0.15, -0.1) is 11.3 Å². The van der Waals surface area contributed by atoms with E-state index in [1.54, 1.807) is 25.1 Å². The fourth-order valence-electron chi connectivity index (χ4n) is 6.48. The number of thiophene rings is 1. The molecule has 0 aliphatic carbocycles. The number of anilines is 2. The Morgan fingerprint density at radius 2 is 2.00 bits per heavy atom. The van der Waals surface area contributed by atoms with Crippen molar-refractivity contribution in [1.29, 1.82) is 0 Å². The van der Waals surface area contributed by atoms with Crippen molar-refractivity contribution in [2.45, 2.75) is 38.3 Å². The Morgan fingerprint density at radius 1 is 1.24 bits per heavy atom. The van der Waals surface area contributed by atoms with Crippen LogP contribution >= 0.6 is 22.9 Å². The van der Waals surface area contributed by atoms with Gasteiger partial charge >= 0.3 is 5.97 Å². The van der Waals surface area contributed by atoms with E-state index in [4.69, 9.17) is 16.3 Å². The molecule has 6 rings (SSSR count). The lowest BCUT2D eigenvalue weighted by Gasteiger charge is -2.36. The number of amides is 3. The van der Waals surface area contributed by atoms with Crippen LogP contribution in [0.15, 0.2) is 18.2 Å². The number of aryl methyl sites for hydroxylation is 1. The molecule has 0 bridgehead atoms. The molecule has 34 heavy (non-hydrogen) atoms. The predicted molar refractivity (Wildman–Crippen MR) is 126 cm³/mol. The first-order valence-corrected chi connectivity index (χ1v) is 12.4. The van der Waals surface area contributed by atoms with E-state index < -0.39 is 29.3 Å². The molecule has 1 aromatic carbocycles. The van der Waals surface area contributed by atoms with E-state index in [9.17, 15) is 19.2 Å². The third-order valence-electron chi connectivity index (χ3n) is 7.91. The van der Waals surface area contributed by atoms with Crippen molar-refractivity contribution in [2.75, 3.05) is 23.9 Å². The van der Waals surface area contributed by atoms with Crippen molar-refractivity contribution in [3.63, 3.8) is 0 Å². The first kappa shape index (κ1) is 21.8. The number of nitrogens with one attached hydrogen (secondary N) is 1. The van der Waals surface area contributed by atoms with Crippen molar-refractivity contribution >= 4 is 57.3 Å². The van der Waals surface area contributed by atoms with E-state index in [-0.39, 0.29) is 28.4 Å². The molecule has 3 saturated heterocycles. The van der Waals surface area contributed by atoms with Gasteiger partial charge in [0.05, 0.1) is 24.5 Å². The van der Waals surface area contributed by atoms with E-state index in [0.29, 0.717) is 34.8 Å². The molecule has 4 aliphatic rings. The average molecular weight is 500 g/mol. The summed E-state index contributed by atoms with van der Waals surface area (Å²) in [7, 11) is 1.27. The number of imide groups is 1. The van der Waals surface area contributed by atoms with Crippen LogP contribution in [-0.2, 0) is 24.7 Å². The van der Waals surface area contributed by atoms with Crippen molar-refractivity contribution in [2.24, 2.45) is 11.8 Å². The summed E-state index contributed by atoms with van der Waals surface area (Å²) < 4.78 is 4.97. The van der Waals surface area contributed by atoms with Crippen LogP contribution in [0.5, 0.6) is 0 Å². The molecule has 2 aromatic rings. The molecule has 4 atom stereocenters.